The number of hydrogen-bond acceptors (Lipinski definition) is 0. The van der Waals surface area contributed by atoms with Crippen molar-refractivity contribution in [1.29, 1.82) is 0 Å². The second-order valence-electron chi connectivity index (χ2n) is 5.80. The molecular weight excluding hydrogens is 252 g/mol. The fraction of sp³-hybridized carbons (Fsp3) is 0.667. The zero-order valence-electron chi connectivity index (χ0n) is 12.8. The van der Waals surface area contributed by atoms with Crippen molar-refractivity contribution in [2.75, 3.05) is 5.88 Å². The van der Waals surface area contributed by atoms with Crippen molar-refractivity contribution < 1.29 is 0 Å². The molecule has 0 aromatic heterocycles. The van der Waals surface area contributed by atoms with Gasteiger partial charge in [-0.3, -0.25) is 0 Å². The summed E-state index contributed by atoms with van der Waals surface area (Å²) in [4.78, 5) is 0. The van der Waals surface area contributed by atoms with E-state index in [4.69, 9.17) is 11.6 Å². The minimum Gasteiger partial charge on any atom is -0.126 e. The maximum absolute atomic E-state index is 6.20. The van der Waals surface area contributed by atoms with Gasteiger partial charge >= 0.3 is 0 Å². The summed E-state index contributed by atoms with van der Waals surface area (Å²) < 4.78 is 0. The van der Waals surface area contributed by atoms with Crippen molar-refractivity contribution in [2.45, 2.75) is 59.3 Å². The summed E-state index contributed by atoms with van der Waals surface area (Å²) in [7, 11) is 0. The first kappa shape index (κ1) is 16.6. The Hall–Kier alpha value is -0.490. The minimum atomic E-state index is 0.629. The molecular formula is C18H29Cl. The topological polar surface area (TPSA) is 0 Å². The zero-order chi connectivity index (χ0) is 14.1. The molecule has 108 valence electrons. The van der Waals surface area contributed by atoms with Gasteiger partial charge in [0, 0.05) is 5.88 Å². The Morgan fingerprint density at radius 2 is 1.84 bits per heavy atom. The van der Waals surface area contributed by atoms with Crippen molar-refractivity contribution >= 4 is 11.6 Å². The Labute approximate surface area is 124 Å². The molecule has 1 rings (SSSR count). The first-order chi connectivity index (χ1) is 9.21. The van der Waals surface area contributed by atoms with E-state index in [2.05, 4.69) is 45.0 Å². The van der Waals surface area contributed by atoms with Gasteiger partial charge in [-0.25, -0.2) is 0 Å². The van der Waals surface area contributed by atoms with Crippen molar-refractivity contribution in [3.05, 3.63) is 35.4 Å². The molecule has 0 spiro atoms. The second-order valence-corrected chi connectivity index (χ2v) is 6.11. The van der Waals surface area contributed by atoms with E-state index in [-0.39, 0.29) is 0 Å². The van der Waals surface area contributed by atoms with Crippen LogP contribution in [0.15, 0.2) is 24.3 Å². The number of unbranched alkanes of at least 4 members (excludes halogenated alkanes) is 1. The number of rotatable bonds is 9. The predicted octanol–water partition coefficient (Wildman–Crippen LogP) is 6.00. The van der Waals surface area contributed by atoms with E-state index in [0.717, 1.165) is 18.2 Å². The lowest BCUT2D eigenvalue weighted by molar-refractivity contribution is 0.353. The van der Waals surface area contributed by atoms with Crippen LogP contribution in [0, 0.1) is 18.8 Å². The Balaban J connectivity index is 2.55. The molecule has 0 saturated heterocycles. The molecule has 0 amide bonds. The molecule has 0 bridgehead atoms. The molecule has 0 aliphatic rings. The first-order valence-corrected chi connectivity index (χ1v) is 8.35. The third-order valence-electron chi connectivity index (χ3n) is 4.20. The first-order valence-electron chi connectivity index (χ1n) is 7.81. The molecule has 2 atom stereocenters. The van der Waals surface area contributed by atoms with Crippen LogP contribution in [-0.4, -0.2) is 5.88 Å². The molecule has 0 radical (unpaired) electrons. The molecule has 1 aromatic rings. The standard InChI is InChI=1S/C18H29Cl/c1-4-6-10-16(5-2)12-17(14-19)13-18-11-8-7-9-15(18)3/h7-9,11,16-17H,4-6,10,12-14H2,1-3H3. The van der Waals surface area contributed by atoms with E-state index < -0.39 is 0 Å². The maximum atomic E-state index is 6.20. The minimum absolute atomic E-state index is 0.629. The van der Waals surface area contributed by atoms with Gasteiger partial charge in [0.2, 0.25) is 0 Å². The summed E-state index contributed by atoms with van der Waals surface area (Å²) in [5.74, 6) is 2.27. The van der Waals surface area contributed by atoms with Gasteiger partial charge in [-0.15, -0.1) is 11.6 Å². The fourth-order valence-corrected chi connectivity index (χ4v) is 3.04. The fourth-order valence-electron chi connectivity index (χ4n) is 2.80. The van der Waals surface area contributed by atoms with E-state index in [1.54, 1.807) is 0 Å². The van der Waals surface area contributed by atoms with Crippen molar-refractivity contribution in [3.8, 4) is 0 Å². The van der Waals surface area contributed by atoms with Gasteiger partial charge in [0.05, 0.1) is 0 Å². The quantitative estimate of drug-likeness (QED) is 0.487. The molecule has 0 N–H and O–H groups in total. The Morgan fingerprint density at radius 1 is 1.11 bits per heavy atom. The van der Waals surface area contributed by atoms with E-state index in [1.807, 2.05) is 0 Å². The molecule has 0 heterocycles. The van der Waals surface area contributed by atoms with Crippen LogP contribution in [-0.2, 0) is 6.42 Å². The highest BCUT2D eigenvalue weighted by molar-refractivity contribution is 6.18. The summed E-state index contributed by atoms with van der Waals surface area (Å²) in [6.07, 6.45) is 7.75. The van der Waals surface area contributed by atoms with Crippen LogP contribution >= 0.6 is 11.6 Å². The summed E-state index contributed by atoms with van der Waals surface area (Å²) >= 11 is 6.20. The third kappa shape index (κ3) is 5.99. The molecule has 1 heteroatoms. The highest BCUT2D eigenvalue weighted by Gasteiger charge is 2.15. The molecule has 0 aliphatic heterocycles. The monoisotopic (exact) mass is 280 g/mol. The number of alkyl halides is 1. The molecule has 0 aliphatic carbocycles. The Morgan fingerprint density at radius 3 is 2.42 bits per heavy atom. The molecule has 0 saturated carbocycles. The average Bonchev–Trinajstić information content (AvgIpc) is 2.44. The zero-order valence-corrected chi connectivity index (χ0v) is 13.5. The highest BCUT2D eigenvalue weighted by Crippen LogP contribution is 2.25. The van der Waals surface area contributed by atoms with Crippen LogP contribution in [0.25, 0.3) is 0 Å². The lowest BCUT2D eigenvalue weighted by atomic mass is 9.85. The maximum Gasteiger partial charge on any atom is 0.0255 e. The summed E-state index contributed by atoms with van der Waals surface area (Å²) in [6, 6.07) is 8.71. The van der Waals surface area contributed by atoms with Gasteiger partial charge in [-0.1, -0.05) is 63.8 Å². The van der Waals surface area contributed by atoms with Crippen molar-refractivity contribution in [2.24, 2.45) is 11.8 Å². The smallest absolute Gasteiger partial charge is 0.0255 e. The SMILES string of the molecule is CCCCC(CC)CC(CCl)Cc1ccccc1C. The van der Waals surface area contributed by atoms with Crippen molar-refractivity contribution in [1.82, 2.24) is 0 Å². The summed E-state index contributed by atoms with van der Waals surface area (Å²) in [5.41, 5.74) is 2.87. The number of hydrogen-bond donors (Lipinski definition) is 0. The van der Waals surface area contributed by atoms with Gasteiger partial charge in [-0.05, 0) is 42.7 Å². The van der Waals surface area contributed by atoms with E-state index in [9.17, 15) is 0 Å². The summed E-state index contributed by atoms with van der Waals surface area (Å²) in [6.45, 7) is 6.80. The Bertz CT molecular complexity index is 345. The number of benzene rings is 1. The molecule has 1 aromatic carbocycles. The lowest BCUT2D eigenvalue weighted by Crippen LogP contribution is -2.13. The number of aryl methyl sites for hydroxylation is 1. The van der Waals surface area contributed by atoms with E-state index in [0.29, 0.717) is 5.92 Å². The van der Waals surface area contributed by atoms with Gasteiger partial charge in [0.1, 0.15) is 0 Å². The lowest BCUT2D eigenvalue weighted by Gasteiger charge is -2.21. The van der Waals surface area contributed by atoms with Crippen LogP contribution in [0.3, 0.4) is 0 Å². The average molecular weight is 281 g/mol. The highest BCUT2D eigenvalue weighted by atomic mass is 35.5. The van der Waals surface area contributed by atoms with Crippen LogP contribution in [0.1, 0.15) is 57.1 Å². The largest absolute Gasteiger partial charge is 0.126 e. The molecule has 19 heavy (non-hydrogen) atoms. The summed E-state index contributed by atoms with van der Waals surface area (Å²) in [5, 5.41) is 0. The van der Waals surface area contributed by atoms with Crippen LogP contribution < -0.4 is 0 Å². The predicted molar refractivity (Wildman–Crippen MR) is 87.0 cm³/mol. The van der Waals surface area contributed by atoms with Gasteiger partial charge in [0.15, 0.2) is 0 Å². The molecule has 2 unspecified atom stereocenters. The van der Waals surface area contributed by atoms with E-state index in [1.165, 1.54) is 43.2 Å². The van der Waals surface area contributed by atoms with Crippen LogP contribution in [0.2, 0.25) is 0 Å². The molecule has 0 fully saturated rings. The van der Waals surface area contributed by atoms with Gasteiger partial charge in [-0.2, -0.15) is 0 Å². The van der Waals surface area contributed by atoms with Gasteiger partial charge in [0.25, 0.3) is 0 Å². The Kier molecular flexibility index (Phi) is 8.21. The van der Waals surface area contributed by atoms with Crippen molar-refractivity contribution in [3.63, 3.8) is 0 Å². The van der Waals surface area contributed by atoms with Crippen LogP contribution in [0.5, 0.6) is 0 Å². The van der Waals surface area contributed by atoms with Gasteiger partial charge < -0.3 is 0 Å². The van der Waals surface area contributed by atoms with E-state index >= 15 is 0 Å². The molecule has 0 nitrogen and oxygen atoms in total. The number of halogens is 1. The normalized spacial score (nSPS) is 14.3. The van der Waals surface area contributed by atoms with Crippen LogP contribution in [0.4, 0.5) is 0 Å². The third-order valence-corrected chi connectivity index (χ3v) is 4.63. The second kappa shape index (κ2) is 9.42.